The molecule has 96 valence electrons. The minimum atomic E-state index is -0.130. The van der Waals surface area contributed by atoms with Gasteiger partial charge in [0, 0.05) is 37.3 Å². The molecule has 1 unspecified atom stereocenters. The lowest BCUT2D eigenvalue weighted by atomic mass is 10.1. The minimum absolute atomic E-state index is 0.0401. The fourth-order valence-corrected chi connectivity index (χ4v) is 2.21. The summed E-state index contributed by atoms with van der Waals surface area (Å²) >= 11 is 0. The molecule has 2 amide bonds. The standard InChI is InChI=1S/C13H17N3O2/c1-8-5-9(13(18)15-2)3-4-11(8)16-7-10(14)6-12(16)17/h3-5,10H,6-7,14H2,1-2H3,(H,15,18). The van der Waals surface area contributed by atoms with Crippen molar-refractivity contribution in [2.45, 2.75) is 19.4 Å². The van der Waals surface area contributed by atoms with E-state index in [9.17, 15) is 9.59 Å². The Hall–Kier alpha value is -1.88. The average Bonchev–Trinajstić information content (AvgIpc) is 2.67. The number of rotatable bonds is 2. The average molecular weight is 247 g/mol. The number of nitrogens with one attached hydrogen (secondary N) is 1. The number of hydrogen-bond acceptors (Lipinski definition) is 3. The highest BCUT2D eigenvalue weighted by Crippen LogP contribution is 2.25. The van der Waals surface area contributed by atoms with Gasteiger partial charge < -0.3 is 16.0 Å². The van der Waals surface area contributed by atoms with Crippen LogP contribution in [0.15, 0.2) is 18.2 Å². The van der Waals surface area contributed by atoms with Crippen molar-refractivity contribution in [3.8, 4) is 0 Å². The molecule has 18 heavy (non-hydrogen) atoms. The summed E-state index contributed by atoms with van der Waals surface area (Å²) in [5.41, 5.74) is 8.10. The maximum Gasteiger partial charge on any atom is 0.251 e. The Morgan fingerprint density at radius 3 is 2.72 bits per heavy atom. The molecule has 1 aromatic rings. The van der Waals surface area contributed by atoms with E-state index in [0.29, 0.717) is 18.5 Å². The first kappa shape index (κ1) is 12.6. The molecule has 1 aliphatic heterocycles. The van der Waals surface area contributed by atoms with E-state index in [1.165, 1.54) is 0 Å². The smallest absolute Gasteiger partial charge is 0.251 e. The normalized spacial score (nSPS) is 19.2. The molecule has 2 rings (SSSR count). The van der Waals surface area contributed by atoms with E-state index >= 15 is 0 Å². The van der Waals surface area contributed by atoms with E-state index in [1.54, 1.807) is 30.1 Å². The third-order valence-corrected chi connectivity index (χ3v) is 3.13. The van der Waals surface area contributed by atoms with E-state index in [4.69, 9.17) is 5.73 Å². The molecule has 3 N–H and O–H groups in total. The van der Waals surface area contributed by atoms with Gasteiger partial charge in [0.25, 0.3) is 5.91 Å². The second kappa shape index (κ2) is 4.78. The van der Waals surface area contributed by atoms with E-state index in [0.717, 1.165) is 11.3 Å². The van der Waals surface area contributed by atoms with Gasteiger partial charge in [-0.2, -0.15) is 0 Å². The number of aryl methyl sites for hydroxylation is 1. The summed E-state index contributed by atoms with van der Waals surface area (Å²) in [5.74, 6) is -0.0904. The van der Waals surface area contributed by atoms with Gasteiger partial charge in [-0.3, -0.25) is 9.59 Å². The fourth-order valence-electron chi connectivity index (χ4n) is 2.21. The van der Waals surface area contributed by atoms with Crippen LogP contribution in [0, 0.1) is 6.92 Å². The van der Waals surface area contributed by atoms with Crippen LogP contribution in [-0.4, -0.2) is 31.4 Å². The molecule has 5 nitrogen and oxygen atoms in total. The van der Waals surface area contributed by atoms with E-state index in [-0.39, 0.29) is 17.9 Å². The number of carbonyl (C=O) groups is 2. The second-order valence-electron chi connectivity index (χ2n) is 4.55. The molecule has 1 fully saturated rings. The van der Waals surface area contributed by atoms with Gasteiger partial charge in [-0.05, 0) is 30.7 Å². The Bertz CT molecular complexity index is 499. The molecule has 0 aliphatic carbocycles. The summed E-state index contributed by atoms with van der Waals surface area (Å²) in [6.07, 6.45) is 0.386. The van der Waals surface area contributed by atoms with Crippen molar-refractivity contribution in [3.05, 3.63) is 29.3 Å². The van der Waals surface area contributed by atoms with Crippen molar-refractivity contribution in [2.75, 3.05) is 18.5 Å². The maximum absolute atomic E-state index is 11.8. The van der Waals surface area contributed by atoms with Crippen LogP contribution in [0.25, 0.3) is 0 Å². The highest BCUT2D eigenvalue weighted by Gasteiger charge is 2.28. The molecule has 0 spiro atoms. The Kier molecular flexibility index (Phi) is 3.34. The van der Waals surface area contributed by atoms with E-state index in [1.807, 2.05) is 6.92 Å². The number of carbonyl (C=O) groups excluding carboxylic acids is 2. The van der Waals surface area contributed by atoms with Gasteiger partial charge in [0.1, 0.15) is 0 Å². The van der Waals surface area contributed by atoms with Crippen LogP contribution < -0.4 is 16.0 Å². The van der Waals surface area contributed by atoms with Crippen LogP contribution in [0.3, 0.4) is 0 Å². The number of anilines is 1. The van der Waals surface area contributed by atoms with Crippen LogP contribution >= 0.6 is 0 Å². The molecular formula is C13H17N3O2. The Morgan fingerprint density at radius 2 is 2.22 bits per heavy atom. The zero-order chi connectivity index (χ0) is 13.3. The Labute approximate surface area is 106 Å². The summed E-state index contributed by atoms with van der Waals surface area (Å²) in [6, 6.07) is 5.20. The first-order valence-electron chi connectivity index (χ1n) is 5.91. The predicted octanol–water partition coefficient (Wildman–Crippen LogP) is 0.419. The monoisotopic (exact) mass is 247 g/mol. The van der Waals surface area contributed by atoms with Gasteiger partial charge in [0.2, 0.25) is 5.91 Å². The second-order valence-corrected chi connectivity index (χ2v) is 4.55. The lowest BCUT2D eigenvalue weighted by Gasteiger charge is -2.19. The maximum atomic E-state index is 11.8. The zero-order valence-corrected chi connectivity index (χ0v) is 10.6. The Morgan fingerprint density at radius 1 is 1.50 bits per heavy atom. The van der Waals surface area contributed by atoms with Crippen molar-refractivity contribution in [1.82, 2.24) is 5.32 Å². The van der Waals surface area contributed by atoms with Gasteiger partial charge in [-0.25, -0.2) is 0 Å². The SMILES string of the molecule is CNC(=O)c1ccc(N2CC(N)CC2=O)c(C)c1. The molecule has 0 saturated carbocycles. The molecule has 1 atom stereocenters. The molecule has 0 bridgehead atoms. The number of nitrogens with zero attached hydrogens (tertiary/aromatic N) is 1. The lowest BCUT2D eigenvalue weighted by Crippen LogP contribution is -2.28. The predicted molar refractivity (Wildman–Crippen MR) is 69.5 cm³/mol. The summed E-state index contributed by atoms with van der Waals surface area (Å²) in [6.45, 7) is 2.43. The van der Waals surface area contributed by atoms with Crippen molar-refractivity contribution >= 4 is 17.5 Å². The molecular weight excluding hydrogens is 230 g/mol. The Balaban J connectivity index is 2.30. The van der Waals surface area contributed by atoms with Crippen molar-refractivity contribution in [2.24, 2.45) is 5.73 Å². The van der Waals surface area contributed by atoms with Gasteiger partial charge in [0.05, 0.1) is 0 Å². The first-order valence-corrected chi connectivity index (χ1v) is 5.91. The van der Waals surface area contributed by atoms with Crippen LogP contribution in [0.5, 0.6) is 0 Å². The van der Waals surface area contributed by atoms with Crippen molar-refractivity contribution in [1.29, 1.82) is 0 Å². The van der Waals surface area contributed by atoms with E-state index < -0.39 is 0 Å². The molecule has 1 aliphatic rings. The van der Waals surface area contributed by atoms with Gasteiger partial charge in [-0.15, -0.1) is 0 Å². The summed E-state index contributed by atoms with van der Waals surface area (Å²) in [7, 11) is 1.59. The van der Waals surface area contributed by atoms with Crippen molar-refractivity contribution in [3.63, 3.8) is 0 Å². The third kappa shape index (κ3) is 2.22. The topological polar surface area (TPSA) is 75.4 Å². The number of nitrogens with two attached hydrogens (primary N) is 1. The van der Waals surface area contributed by atoms with E-state index in [2.05, 4.69) is 5.32 Å². The van der Waals surface area contributed by atoms with Crippen LogP contribution in [0.4, 0.5) is 5.69 Å². The summed E-state index contributed by atoms with van der Waals surface area (Å²) in [5, 5.41) is 2.57. The highest BCUT2D eigenvalue weighted by atomic mass is 16.2. The van der Waals surface area contributed by atoms with Crippen LogP contribution in [0.1, 0.15) is 22.3 Å². The molecule has 1 aromatic carbocycles. The summed E-state index contributed by atoms with van der Waals surface area (Å²) < 4.78 is 0. The molecule has 1 heterocycles. The molecule has 1 saturated heterocycles. The van der Waals surface area contributed by atoms with Gasteiger partial charge in [-0.1, -0.05) is 0 Å². The van der Waals surface area contributed by atoms with Crippen LogP contribution in [0.2, 0.25) is 0 Å². The molecule has 0 radical (unpaired) electrons. The molecule has 5 heteroatoms. The van der Waals surface area contributed by atoms with Crippen LogP contribution in [-0.2, 0) is 4.79 Å². The lowest BCUT2D eigenvalue weighted by molar-refractivity contribution is -0.117. The minimum Gasteiger partial charge on any atom is -0.355 e. The highest BCUT2D eigenvalue weighted by molar-refractivity contribution is 5.98. The number of benzene rings is 1. The number of amides is 2. The summed E-state index contributed by atoms with van der Waals surface area (Å²) in [4.78, 5) is 25.0. The first-order chi connectivity index (χ1) is 8.52. The third-order valence-electron chi connectivity index (χ3n) is 3.13. The largest absolute Gasteiger partial charge is 0.355 e. The number of hydrogen-bond donors (Lipinski definition) is 2. The zero-order valence-electron chi connectivity index (χ0n) is 10.6. The van der Waals surface area contributed by atoms with Gasteiger partial charge in [0.15, 0.2) is 0 Å². The van der Waals surface area contributed by atoms with Gasteiger partial charge >= 0.3 is 0 Å². The van der Waals surface area contributed by atoms with Crippen molar-refractivity contribution < 1.29 is 9.59 Å². The fraction of sp³-hybridized carbons (Fsp3) is 0.385. The quantitative estimate of drug-likeness (QED) is 0.795. The molecule has 0 aromatic heterocycles.